The molecular weight excluding hydrogens is 236 g/mol. The topological polar surface area (TPSA) is 85.0 Å². The van der Waals surface area contributed by atoms with Crippen LogP contribution in [-0.4, -0.2) is 40.7 Å². The summed E-state index contributed by atoms with van der Waals surface area (Å²) in [7, 11) is 0. The summed E-state index contributed by atoms with van der Waals surface area (Å²) in [5.74, 6) is -0.398. The number of esters is 1. The minimum atomic E-state index is -0.664. The van der Waals surface area contributed by atoms with E-state index in [9.17, 15) is 15.1 Å². The highest BCUT2D eigenvalue weighted by atomic mass is 16.5. The van der Waals surface area contributed by atoms with Gasteiger partial charge in [-0.1, -0.05) is 24.6 Å². The molecule has 0 aliphatic heterocycles. The Morgan fingerprint density at radius 3 is 2.61 bits per heavy atom. The summed E-state index contributed by atoms with van der Waals surface area (Å²) < 4.78 is 4.92. The molecule has 18 heavy (non-hydrogen) atoms. The van der Waals surface area contributed by atoms with Crippen LogP contribution in [0.5, 0.6) is 0 Å². The van der Waals surface area contributed by atoms with Gasteiger partial charge in [0.25, 0.3) is 0 Å². The first kappa shape index (κ1) is 16.8. The minimum absolute atomic E-state index is 0.0445. The van der Waals surface area contributed by atoms with E-state index in [1.165, 1.54) is 6.92 Å². The van der Waals surface area contributed by atoms with Gasteiger partial charge in [-0.3, -0.25) is 4.79 Å². The van der Waals surface area contributed by atoms with Gasteiger partial charge in [-0.05, 0) is 25.4 Å². The van der Waals surface area contributed by atoms with Gasteiger partial charge in [0.05, 0.1) is 0 Å². The first-order valence-corrected chi connectivity index (χ1v) is 6.37. The summed E-state index contributed by atoms with van der Waals surface area (Å²) in [6.45, 7) is 6.66. The molecule has 0 aromatic carbocycles. The SMILES string of the molecule is CCCCC(O)C[N+]([O-])=N[C@@H](C)[C@@H](C)OC(C)=O. The number of hydrogen-bond donors (Lipinski definition) is 1. The summed E-state index contributed by atoms with van der Waals surface area (Å²) in [6.07, 6.45) is 1.34. The second kappa shape index (κ2) is 8.85. The third-order valence-electron chi connectivity index (χ3n) is 2.60. The molecule has 0 saturated heterocycles. The van der Waals surface area contributed by atoms with E-state index in [0.717, 1.165) is 12.8 Å². The number of carbonyl (C=O) groups excluding carboxylic acids is 1. The fourth-order valence-electron chi connectivity index (χ4n) is 1.42. The number of rotatable bonds is 8. The zero-order valence-electron chi connectivity index (χ0n) is 11.6. The van der Waals surface area contributed by atoms with Crippen LogP contribution in [0.15, 0.2) is 5.11 Å². The van der Waals surface area contributed by atoms with E-state index in [4.69, 9.17) is 4.74 Å². The molecule has 0 radical (unpaired) electrons. The summed E-state index contributed by atoms with van der Waals surface area (Å²) in [5.41, 5.74) is 0. The van der Waals surface area contributed by atoms with Crippen molar-refractivity contribution < 1.29 is 19.5 Å². The summed E-state index contributed by atoms with van der Waals surface area (Å²) >= 11 is 0. The molecule has 3 atom stereocenters. The number of hydroxylamine groups is 1. The largest absolute Gasteiger partial charge is 0.600 e. The highest BCUT2D eigenvalue weighted by Gasteiger charge is 2.18. The number of aliphatic hydroxyl groups excluding tert-OH is 1. The lowest BCUT2D eigenvalue weighted by atomic mass is 10.2. The van der Waals surface area contributed by atoms with Crippen molar-refractivity contribution in [3.8, 4) is 0 Å². The lowest BCUT2D eigenvalue weighted by molar-refractivity contribution is -0.542. The van der Waals surface area contributed by atoms with Crippen LogP contribution in [0.2, 0.25) is 0 Å². The van der Waals surface area contributed by atoms with Crippen LogP contribution in [-0.2, 0) is 9.53 Å². The number of ether oxygens (including phenoxy) is 1. The van der Waals surface area contributed by atoms with Gasteiger partial charge < -0.3 is 15.1 Å². The highest BCUT2D eigenvalue weighted by molar-refractivity contribution is 5.66. The smallest absolute Gasteiger partial charge is 0.302 e. The van der Waals surface area contributed by atoms with Crippen LogP contribution in [0, 0.1) is 5.21 Å². The third kappa shape index (κ3) is 8.00. The molecule has 0 amide bonds. The fourth-order valence-corrected chi connectivity index (χ4v) is 1.42. The molecule has 1 unspecified atom stereocenters. The van der Waals surface area contributed by atoms with E-state index in [2.05, 4.69) is 5.11 Å². The lowest BCUT2D eigenvalue weighted by Gasteiger charge is -2.15. The van der Waals surface area contributed by atoms with Crippen LogP contribution in [0.1, 0.15) is 47.0 Å². The molecule has 0 spiro atoms. The van der Waals surface area contributed by atoms with Crippen LogP contribution >= 0.6 is 0 Å². The molecule has 0 aromatic rings. The van der Waals surface area contributed by atoms with Crippen molar-refractivity contribution in [2.75, 3.05) is 6.54 Å². The monoisotopic (exact) mass is 260 g/mol. The Morgan fingerprint density at radius 2 is 2.11 bits per heavy atom. The number of carbonyl (C=O) groups is 1. The second-order valence-electron chi connectivity index (χ2n) is 4.50. The molecule has 1 N–H and O–H groups in total. The summed E-state index contributed by atoms with van der Waals surface area (Å²) in [6, 6.07) is -0.426. The van der Waals surface area contributed by atoms with E-state index in [-0.39, 0.29) is 6.54 Å². The zero-order valence-corrected chi connectivity index (χ0v) is 11.6. The van der Waals surface area contributed by atoms with E-state index in [0.29, 0.717) is 11.3 Å². The molecule has 0 aliphatic carbocycles. The highest BCUT2D eigenvalue weighted by Crippen LogP contribution is 2.05. The van der Waals surface area contributed by atoms with Gasteiger partial charge in [-0.15, -0.1) is 0 Å². The molecular formula is C12H24N2O4. The van der Waals surface area contributed by atoms with Gasteiger partial charge in [0.15, 0.2) is 0 Å². The van der Waals surface area contributed by atoms with Crippen LogP contribution in [0.25, 0.3) is 0 Å². The molecule has 106 valence electrons. The van der Waals surface area contributed by atoms with Crippen molar-refractivity contribution >= 4 is 5.97 Å². The lowest BCUT2D eigenvalue weighted by Crippen LogP contribution is -2.27. The van der Waals surface area contributed by atoms with Gasteiger partial charge in [0.2, 0.25) is 6.54 Å². The number of aliphatic hydroxyl groups is 1. The number of unbranched alkanes of at least 4 members (excludes halogenated alkanes) is 1. The van der Waals surface area contributed by atoms with E-state index in [1.54, 1.807) is 13.8 Å². The van der Waals surface area contributed by atoms with E-state index >= 15 is 0 Å². The van der Waals surface area contributed by atoms with Gasteiger partial charge in [0, 0.05) is 6.92 Å². The van der Waals surface area contributed by atoms with Gasteiger partial charge in [-0.25, -0.2) is 0 Å². The summed E-state index contributed by atoms with van der Waals surface area (Å²) in [4.78, 5) is 11.2. The Bertz CT molecular complexity index is 281. The average molecular weight is 260 g/mol. The molecule has 6 nitrogen and oxygen atoms in total. The summed E-state index contributed by atoms with van der Waals surface area (Å²) in [5, 5.41) is 24.8. The van der Waals surface area contributed by atoms with Gasteiger partial charge >= 0.3 is 5.97 Å². The molecule has 0 aromatic heterocycles. The Hall–Kier alpha value is -1.17. The quantitative estimate of drug-likeness (QED) is 0.312. The van der Waals surface area contributed by atoms with Crippen molar-refractivity contribution in [2.45, 2.75) is 65.2 Å². The van der Waals surface area contributed by atoms with Crippen molar-refractivity contribution in [2.24, 2.45) is 5.11 Å². The van der Waals surface area contributed by atoms with E-state index in [1.807, 2.05) is 6.92 Å². The van der Waals surface area contributed by atoms with Crippen molar-refractivity contribution in [3.05, 3.63) is 5.21 Å². The Morgan fingerprint density at radius 1 is 1.50 bits per heavy atom. The first-order valence-electron chi connectivity index (χ1n) is 6.37. The molecule has 0 saturated carbocycles. The van der Waals surface area contributed by atoms with Gasteiger partial charge in [0.1, 0.15) is 18.2 Å². The zero-order chi connectivity index (χ0) is 14.1. The molecule has 0 bridgehead atoms. The first-order chi connectivity index (χ1) is 8.36. The van der Waals surface area contributed by atoms with Crippen molar-refractivity contribution in [3.63, 3.8) is 0 Å². The predicted molar refractivity (Wildman–Crippen MR) is 67.1 cm³/mol. The van der Waals surface area contributed by atoms with E-state index < -0.39 is 24.2 Å². The minimum Gasteiger partial charge on any atom is -0.600 e. The van der Waals surface area contributed by atoms with Crippen LogP contribution in [0.3, 0.4) is 0 Å². The maximum absolute atomic E-state index is 11.5. The third-order valence-corrected chi connectivity index (χ3v) is 2.60. The maximum Gasteiger partial charge on any atom is 0.302 e. The number of nitrogens with zero attached hydrogens (tertiary/aromatic N) is 2. The number of hydrogen-bond acceptors (Lipinski definition) is 5. The molecule has 0 rings (SSSR count). The molecule has 6 heteroatoms. The Kier molecular flexibility index (Phi) is 8.28. The standard InChI is InChI=1S/C12H24N2O4/c1-5-6-7-12(16)8-14(17)13-9(2)10(3)18-11(4)15/h9-10,12,16H,5-8H2,1-4H3/t9-,10+,12?/m0/s1. The van der Waals surface area contributed by atoms with Crippen LogP contribution < -0.4 is 0 Å². The number of azo groups is 1. The van der Waals surface area contributed by atoms with Crippen LogP contribution in [0.4, 0.5) is 0 Å². The normalized spacial score (nSPS) is 17.1. The van der Waals surface area contributed by atoms with Crippen molar-refractivity contribution in [1.29, 1.82) is 0 Å². The second-order valence-corrected chi connectivity index (χ2v) is 4.50. The Labute approximate surface area is 108 Å². The molecule has 0 aliphatic rings. The van der Waals surface area contributed by atoms with Gasteiger partial charge in [-0.2, -0.15) is 0 Å². The fraction of sp³-hybridized carbons (Fsp3) is 0.917. The Balaban J connectivity index is 4.17. The molecule has 0 fully saturated rings. The predicted octanol–water partition coefficient (Wildman–Crippen LogP) is 1.84. The maximum atomic E-state index is 11.5. The van der Waals surface area contributed by atoms with Crippen molar-refractivity contribution in [1.82, 2.24) is 0 Å². The molecule has 0 heterocycles. The average Bonchev–Trinajstić information content (AvgIpc) is 2.24.